The van der Waals surface area contributed by atoms with Crippen LogP contribution in [-0.4, -0.2) is 37.4 Å². The number of likely N-dealkylation sites (N-methyl/N-ethyl adjacent to an activating group) is 1. The Morgan fingerprint density at radius 2 is 1.85 bits per heavy atom. The molecular weight excluding hydrogens is 302 g/mol. The predicted octanol–water partition coefficient (Wildman–Crippen LogP) is 2.20. The first-order valence-corrected chi connectivity index (χ1v) is 7.51. The van der Waals surface area contributed by atoms with E-state index in [4.69, 9.17) is 16.7 Å². The van der Waals surface area contributed by atoms with Crippen molar-refractivity contribution in [1.82, 2.24) is 4.31 Å². The molecule has 0 spiro atoms. The van der Waals surface area contributed by atoms with Gasteiger partial charge in [-0.2, -0.15) is 4.31 Å². The second kappa shape index (κ2) is 5.40. The van der Waals surface area contributed by atoms with Gasteiger partial charge in [0.1, 0.15) is 6.54 Å². The number of fused-ring (bicyclic) bond motifs is 1. The molecule has 0 aliphatic heterocycles. The van der Waals surface area contributed by atoms with Gasteiger partial charge in [-0.15, -0.1) is 0 Å². The van der Waals surface area contributed by atoms with Crippen LogP contribution in [0.5, 0.6) is 0 Å². The van der Waals surface area contributed by atoms with Gasteiger partial charge >= 0.3 is 5.97 Å². The van der Waals surface area contributed by atoms with Crippen LogP contribution in [-0.2, 0) is 14.8 Å². The standard InChI is InChI=1S/C13H12ClNO4S/c1-15(8-12(16)17)20(18,19)11-7-3-5-9-4-2-6-10(14)13(9)11/h2-7H,8H2,1H3,(H,16,17). The molecule has 0 heterocycles. The molecule has 0 aliphatic rings. The lowest BCUT2D eigenvalue weighted by Crippen LogP contribution is -2.32. The van der Waals surface area contributed by atoms with Gasteiger partial charge in [-0.1, -0.05) is 35.9 Å². The van der Waals surface area contributed by atoms with E-state index >= 15 is 0 Å². The molecule has 2 aromatic rings. The van der Waals surface area contributed by atoms with Gasteiger partial charge in [0, 0.05) is 17.5 Å². The van der Waals surface area contributed by atoms with Crippen molar-refractivity contribution in [2.24, 2.45) is 0 Å². The second-order valence-corrected chi connectivity index (χ2v) is 6.67. The minimum atomic E-state index is -3.92. The van der Waals surface area contributed by atoms with E-state index in [1.54, 1.807) is 30.3 Å². The maximum atomic E-state index is 12.4. The molecule has 0 atom stereocenters. The highest BCUT2D eigenvalue weighted by molar-refractivity contribution is 7.89. The van der Waals surface area contributed by atoms with Crippen molar-refractivity contribution < 1.29 is 18.3 Å². The normalized spacial score (nSPS) is 11.9. The average Bonchev–Trinajstić information content (AvgIpc) is 2.37. The van der Waals surface area contributed by atoms with Crippen LogP contribution in [0.2, 0.25) is 5.02 Å². The first kappa shape index (κ1) is 14.8. The molecule has 2 rings (SSSR count). The van der Waals surface area contributed by atoms with E-state index in [0.717, 1.165) is 4.31 Å². The Hall–Kier alpha value is -1.63. The summed E-state index contributed by atoms with van der Waals surface area (Å²) in [6.45, 7) is -0.608. The topological polar surface area (TPSA) is 74.7 Å². The lowest BCUT2D eigenvalue weighted by molar-refractivity contribution is -0.137. The Morgan fingerprint density at radius 3 is 2.45 bits per heavy atom. The summed E-state index contributed by atoms with van der Waals surface area (Å²) in [5.41, 5.74) is 0. The Labute approximate surface area is 121 Å². The highest BCUT2D eigenvalue weighted by atomic mass is 35.5. The number of hydrogen-bond donors (Lipinski definition) is 1. The summed E-state index contributed by atoms with van der Waals surface area (Å²) in [7, 11) is -2.69. The van der Waals surface area contributed by atoms with Crippen LogP contribution in [0.1, 0.15) is 0 Å². The zero-order valence-corrected chi connectivity index (χ0v) is 12.1. The molecule has 0 radical (unpaired) electrons. The van der Waals surface area contributed by atoms with Gasteiger partial charge < -0.3 is 5.11 Å². The van der Waals surface area contributed by atoms with Crippen molar-refractivity contribution in [1.29, 1.82) is 0 Å². The van der Waals surface area contributed by atoms with Gasteiger partial charge in [0.05, 0.1) is 4.90 Å². The van der Waals surface area contributed by atoms with Crippen LogP contribution < -0.4 is 0 Å². The minimum Gasteiger partial charge on any atom is -0.480 e. The number of hydrogen-bond acceptors (Lipinski definition) is 3. The molecule has 0 aromatic heterocycles. The summed E-state index contributed by atoms with van der Waals surface area (Å²) in [4.78, 5) is 10.7. The molecule has 5 nitrogen and oxygen atoms in total. The van der Waals surface area contributed by atoms with Crippen LogP contribution in [0.4, 0.5) is 0 Å². The Kier molecular flexibility index (Phi) is 3.99. The Bertz CT molecular complexity index is 768. The van der Waals surface area contributed by atoms with Crippen molar-refractivity contribution in [2.45, 2.75) is 4.90 Å². The van der Waals surface area contributed by atoms with Crippen LogP contribution in [0, 0.1) is 0 Å². The zero-order valence-electron chi connectivity index (χ0n) is 10.6. The van der Waals surface area contributed by atoms with Crippen molar-refractivity contribution in [3.63, 3.8) is 0 Å². The molecule has 0 fully saturated rings. The van der Waals surface area contributed by atoms with E-state index < -0.39 is 22.5 Å². The fraction of sp³-hybridized carbons (Fsp3) is 0.154. The van der Waals surface area contributed by atoms with Crippen molar-refractivity contribution >= 4 is 38.4 Å². The number of benzene rings is 2. The van der Waals surface area contributed by atoms with Gasteiger partial charge in [0.15, 0.2) is 0 Å². The number of aliphatic carboxylic acids is 1. The average molecular weight is 314 g/mol. The number of carboxylic acids is 1. The molecule has 0 saturated carbocycles. The zero-order chi connectivity index (χ0) is 14.9. The van der Waals surface area contributed by atoms with Gasteiger partial charge in [-0.3, -0.25) is 4.79 Å². The number of carbonyl (C=O) groups is 1. The van der Waals surface area contributed by atoms with Crippen molar-refractivity contribution in [2.75, 3.05) is 13.6 Å². The summed E-state index contributed by atoms with van der Waals surface area (Å²) in [5, 5.41) is 10.1. The van der Waals surface area contributed by atoms with E-state index in [1.807, 2.05) is 0 Å². The molecule has 0 aliphatic carbocycles. The van der Waals surface area contributed by atoms with Crippen LogP contribution in [0.3, 0.4) is 0 Å². The maximum Gasteiger partial charge on any atom is 0.318 e. The summed E-state index contributed by atoms with van der Waals surface area (Å²) in [6, 6.07) is 9.83. The van der Waals surface area contributed by atoms with E-state index in [0.29, 0.717) is 15.8 Å². The molecule has 2 aromatic carbocycles. The van der Waals surface area contributed by atoms with E-state index in [-0.39, 0.29) is 4.90 Å². The van der Waals surface area contributed by atoms with Gasteiger partial charge in [0.2, 0.25) is 10.0 Å². The summed E-state index contributed by atoms with van der Waals surface area (Å²) in [5.74, 6) is -1.22. The van der Waals surface area contributed by atoms with Gasteiger partial charge in [-0.25, -0.2) is 8.42 Å². The predicted molar refractivity (Wildman–Crippen MR) is 76.4 cm³/mol. The fourth-order valence-electron chi connectivity index (χ4n) is 1.92. The number of halogens is 1. The van der Waals surface area contributed by atoms with Crippen LogP contribution in [0.15, 0.2) is 41.3 Å². The first-order chi connectivity index (χ1) is 9.34. The fourth-order valence-corrected chi connectivity index (χ4v) is 3.61. The molecule has 0 bridgehead atoms. The molecule has 1 N–H and O–H groups in total. The SMILES string of the molecule is CN(CC(=O)O)S(=O)(=O)c1cccc2cccc(Cl)c12. The largest absolute Gasteiger partial charge is 0.480 e. The van der Waals surface area contributed by atoms with E-state index in [9.17, 15) is 13.2 Å². The maximum absolute atomic E-state index is 12.4. The summed E-state index contributed by atoms with van der Waals surface area (Å²) in [6.07, 6.45) is 0. The molecule has 20 heavy (non-hydrogen) atoms. The number of rotatable bonds is 4. The molecule has 0 unspecified atom stereocenters. The third-order valence-corrected chi connectivity index (χ3v) is 5.02. The van der Waals surface area contributed by atoms with Gasteiger partial charge in [-0.05, 0) is 17.5 Å². The van der Waals surface area contributed by atoms with Crippen LogP contribution >= 0.6 is 11.6 Å². The van der Waals surface area contributed by atoms with Crippen molar-refractivity contribution in [3.05, 3.63) is 41.4 Å². The number of carboxylic acid groups (broad SMARTS) is 1. The third kappa shape index (κ3) is 2.63. The second-order valence-electron chi connectivity index (χ2n) is 4.25. The minimum absolute atomic E-state index is 0.00403. The highest BCUT2D eigenvalue weighted by Gasteiger charge is 2.25. The lowest BCUT2D eigenvalue weighted by Gasteiger charge is -2.16. The Morgan fingerprint density at radius 1 is 1.25 bits per heavy atom. The van der Waals surface area contributed by atoms with Crippen LogP contribution in [0.25, 0.3) is 10.8 Å². The number of nitrogens with zero attached hydrogens (tertiary/aromatic N) is 1. The summed E-state index contributed by atoms with van der Waals surface area (Å²) >= 11 is 6.08. The molecule has 0 saturated heterocycles. The monoisotopic (exact) mass is 313 g/mol. The molecule has 7 heteroatoms. The highest BCUT2D eigenvalue weighted by Crippen LogP contribution is 2.31. The van der Waals surface area contributed by atoms with Gasteiger partial charge in [0.25, 0.3) is 0 Å². The Balaban J connectivity index is 2.66. The number of sulfonamides is 1. The van der Waals surface area contributed by atoms with E-state index in [1.165, 1.54) is 13.1 Å². The smallest absolute Gasteiger partial charge is 0.318 e. The first-order valence-electron chi connectivity index (χ1n) is 5.69. The molecular formula is C13H12ClNO4S. The lowest BCUT2D eigenvalue weighted by atomic mass is 10.1. The molecule has 0 amide bonds. The summed E-state index contributed by atoms with van der Waals surface area (Å²) < 4.78 is 25.7. The molecule has 106 valence electrons. The van der Waals surface area contributed by atoms with Crippen molar-refractivity contribution in [3.8, 4) is 0 Å². The van der Waals surface area contributed by atoms with E-state index in [2.05, 4.69) is 0 Å². The third-order valence-electron chi connectivity index (χ3n) is 2.86. The quantitative estimate of drug-likeness (QED) is 0.939.